The second kappa shape index (κ2) is 3.75. The number of nitrogens with zero attached hydrogens (tertiary/aromatic N) is 2. The van der Waals surface area contributed by atoms with Gasteiger partial charge in [-0.3, -0.25) is 20.3 Å². The van der Waals surface area contributed by atoms with Crippen molar-refractivity contribution in [2.75, 3.05) is 0 Å². The SMILES string of the molecule is NNC(=O)c1cnc(F)c([N+](=O)[O-])c1. The largest absolute Gasteiger partial charge is 0.324 e. The normalized spacial score (nSPS) is 9.57. The van der Waals surface area contributed by atoms with E-state index in [4.69, 9.17) is 5.84 Å². The van der Waals surface area contributed by atoms with Crippen molar-refractivity contribution < 1.29 is 14.1 Å². The molecule has 0 aliphatic carbocycles. The van der Waals surface area contributed by atoms with Crippen molar-refractivity contribution in [1.29, 1.82) is 0 Å². The lowest BCUT2D eigenvalue weighted by atomic mass is 10.2. The Morgan fingerprint density at radius 2 is 2.36 bits per heavy atom. The zero-order chi connectivity index (χ0) is 10.7. The predicted molar refractivity (Wildman–Crippen MR) is 42.5 cm³/mol. The fourth-order valence-electron chi connectivity index (χ4n) is 0.772. The fraction of sp³-hybridized carbons (Fsp3) is 0. The standard InChI is InChI=1S/C6H5FN4O3/c7-5-4(11(13)14)1-3(2-9-5)6(12)10-8/h1-2H,8H2,(H,10,12). The molecule has 1 aromatic rings. The molecule has 0 atom stereocenters. The molecule has 1 heterocycles. The molecule has 0 radical (unpaired) electrons. The molecule has 0 bridgehead atoms. The van der Waals surface area contributed by atoms with Gasteiger partial charge in [0.15, 0.2) is 0 Å². The minimum Gasteiger partial charge on any atom is -0.290 e. The number of carbonyl (C=O) groups is 1. The van der Waals surface area contributed by atoms with Crippen LogP contribution in [0.1, 0.15) is 10.4 Å². The molecule has 0 spiro atoms. The monoisotopic (exact) mass is 200 g/mol. The number of hydrogen-bond acceptors (Lipinski definition) is 5. The van der Waals surface area contributed by atoms with Gasteiger partial charge in [-0.05, 0) is 0 Å². The number of nitro groups is 1. The minimum absolute atomic E-state index is 0.180. The van der Waals surface area contributed by atoms with E-state index in [1.807, 2.05) is 0 Å². The summed E-state index contributed by atoms with van der Waals surface area (Å²) >= 11 is 0. The summed E-state index contributed by atoms with van der Waals surface area (Å²) in [4.78, 5) is 23.2. The van der Waals surface area contributed by atoms with Gasteiger partial charge in [0.1, 0.15) is 0 Å². The first kappa shape index (κ1) is 9.99. The number of carbonyl (C=O) groups excluding carboxylic acids is 1. The summed E-state index contributed by atoms with van der Waals surface area (Å²) in [6.45, 7) is 0. The van der Waals surface area contributed by atoms with E-state index in [0.29, 0.717) is 0 Å². The maximum atomic E-state index is 12.7. The van der Waals surface area contributed by atoms with E-state index in [1.54, 1.807) is 5.43 Å². The summed E-state index contributed by atoms with van der Waals surface area (Å²) in [5.74, 6) is 2.75. The average molecular weight is 200 g/mol. The van der Waals surface area contributed by atoms with E-state index in [2.05, 4.69) is 4.98 Å². The van der Waals surface area contributed by atoms with Crippen LogP contribution < -0.4 is 11.3 Å². The topological polar surface area (TPSA) is 111 Å². The maximum Gasteiger partial charge on any atom is 0.324 e. The van der Waals surface area contributed by atoms with Gasteiger partial charge < -0.3 is 0 Å². The Balaban J connectivity index is 3.19. The molecular formula is C6H5FN4O3. The van der Waals surface area contributed by atoms with Crippen LogP contribution in [-0.2, 0) is 0 Å². The number of halogens is 1. The highest BCUT2D eigenvalue weighted by Crippen LogP contribution is 2.15. The lowest BCUT2D eigenvalue weighted by Gasteiger charge is -1.98. The number of hydrogen-bond donors (Lipinski definition) is 2. The third-order valence-electron chi connectivity index (χ3n) is 1.41. The van der Waals surface area contributed by atoms with Gasteiger partial charge >= 0.3 is 5.69 Å². The van der Waals surface area contributed by atoms with Gasteiger partial charge in [-0.15, -0.1) is 0 Å². The van der Waals surface area contributed by atoms with Crippen molar-refractivity contribution in [2.45, 2.75) is 0 Å². The first-order chi connectivity index (χ1) is 6.56. The van der Waals surface area contributed by atoms with Crippen molar-refractivity contribution in [2.24, 2.45) is 5.84 Å². The number of amides is 1. The minimum atomic E-state index is -1.25. The molecule has 1 rings (SSSR count). The Morgan fingerprint density at radius 1 is 1.71 bits per heavy atom. The third-order valence-corrected chi connectivity index (χ3v) is 1.41. The van der Waals surface area contributed by atoms with E-state index in [9.17, 15) is 19.3 Å². The molecule has 0 saturated heterocycles. The second-order valence-corrected chi connectivity index (χ2v) is 2.26. The van der Waals surface area contributed by atoms with Crippen molar-refractivity contribution >= 4 is 11.6 Å². The van der Waals surface area contributed by atoms with Crippen LogP contribution in [0.5, 0.6) is 0 Å². The van der Waals surface area contributed by atoms with E-state index in [1.165, 1.54) is 0 Å². The molecule has 8 heteroatoms. The number of rotatable bonds is 2. The van der Waals surface area contributed by atoms with Gasteiger partial charge in [0.2, 0.25) is 0 Å². The van der Waals surface area contributed by atoms with Crippen molar-refractivity contribution in [1.82, 2.24) is 10.4 Å². The van der Waals surface area contributed by atoms with Crippen LogP contribution in [0.4, 0.5) is 10.1 Å². The van der Waals surface area contributed by atoms with Crippen molar-refractivity contribution in [3.05, 3.63) is 33.9 Å². The van der Waals surface area contributed by atoms with Crippen LogP contribution >= 0.6 is 0 Å². The van der Waals surface area contributed by atoms with Gasteiger partial charge in [-0.25, -0.2) is 10.8 Å². The lowest BCUT2D eigenvalue weighted by Crippen LogP contribution is -2.30. The van der Waals surface area contributed by atoms with Gasteiger partial charge in [-0.2, -0.15) is 4.39 Å². The van der Waals surface area contributed by atoms with Crippen LogP contribution in [0, 0.1) is 16.1 Å². The molecule has 3 N–H and O–H groups in total. The van der Waals surface area contributed by atoms with Crippen LogP contribution in [0.3, 0.4) is 0 Å². The molecule has 0 fully saturated rings. The number of nitrogens with two attached hydrogens (primary N) is 1. The molecule has 1 aromatic heterocycles. The highest BCUT2D eigenvalue weighted by molar-refractivity contribution is 5.93. The first-order valence-electron chi connectivity index (χ1n) is 3.37. The van der Waals surface area contributed by atoms with Crippen molar-refractivity contribution in [3.8, 4) is 0 Å². The van der Waals surface area contributed by atoms with Gasteiger partial charge in [-0.1, -0.05) is 0 Å². The summed E-state index contributed by atoms with van der Waals surface area (Å²) in [6.07, 6.45) is 0.852. The molecule has 0 aliphatic rings. The quantitative estimate of drug-likeness (QED) is 0.224. The molecule has 0 unspecified atom stereocenters. The summed E-state index contributed by atoms with van der Waals surface area (Å²) in [7, 11) is 0. The number of pyridine rings is 1. The van der Waals surface area contributed by atoms with Crippen LogP contribution in [0.25, 0.3) is 0 Å². The summed E-state index contributed by atoms with van der Waals surface area (Å²) in [5, 5.41) is 10.2. The summed E-state index contributed by atoms with van der Waals surface area (Å²) in [6, 6.07) is 0.754. The van der Waals surface area contributed by atoms with Crippen LogP contribution in [0.15, 0.2) is 12.3 Å². The maximum absolute atomic E-state index is 12.7. The van der Waals surface area contributed by atoms with Gasteiger partial charge in [0.05, 0.1) is 10.5 Å². The Morgan fingerprint density at radius 3 is 2.86 bits per heavy atom. The highest BCUT2D eigenvalue weighted by Gasteiger charge is 2.18. The van der Waals surface area contributed by atoms with E-state index in [-0.39, 0.29) is 5.56 Å². The highest BCUT2D eigenvalue weighted by atomic mass is 19.1. The fourth-order valence-corrected chi connectivity index (χ4v) is 0.772. The second-order valence-electron chi connectivity index (χ2n) is 2.26. The summed E-state index contributed by atoms with van der Waals surface area (Å²) in [5.41, 5.74) is 0.694. The lowest BCUT2D eigenvalue weighted by molar-refractivity contribution is -0.388. The van der Waals surface area contributed by atoms with Gasteiger partial charge in [0, 0.05) is 12.3 Å². The first-order valence-corrected chi connectivity index (χ1v) is 3.37. The third kappa shape index (κ3) is 1.80. The van der Waals surface area contributed by atoms with Crippen molar-refractivity contribution in [3.63, 3.8) is 0 Å². The number of aromatic nitrogens is 1. The Kier molecular flexibility index (Phi) is 2.67. The molecule has 0 aromatic carbocycles. The zero-order valence-corrected chi connectivity index (χ0v) is 6.73. The molecule has 0 aliphatic heterocycles. The zero-order valence-electron chi connectivity index (χ0n) is 6.73. The number of nitrogen functional groups attached to an aromatic ring is 1. The number of hydrazine groups is 1. The van der Waals surface area contributed by atoms with Gasteiger partial charge in [0.25, 0.3) is 11.9 Å². The molecule has 14 heavy (non-hydrogen) atoms. The van der Waals surface area contributed by atoms with E-state index in [0.717, 1.165) is 12.3 Å². The Hall–Kier alpha value is -2.09. The molecule has 0 saturated carbocycles. The van der Waals surface area contributed by atoms with E-state index >= 15 is 0 Å². The molecular weight excluding hydrogens is 195 g/mol. The predicted octanol–water partition coefficient (Wildman–Crippen LogP) is -0.268. The number of nitrogens with one attached hydrogen (secondary N) is 1. The molecule has 7 nitrogen and oxygen atoms in total. The van der Waals surface area contributed by atoms with E-state index < -0.39 is 22.5 Å². The Bertz CT molecular complexity index is 395. The van der Waals surface area contributed by atoms with Crippen LogP contribution in [0.2, 0.25) is 0 Å². The smallest absolute Gasteiger partial charge is 0.290 e. The summed E-state index contributed by atoms with van der Waals surface area (Å²) < 4.78 is 12.7. The molecule has 74 valence electrons. The average Bonchev–Trinajstić information content (AvgIpc) is 2.17. The Labute approximate surface area is 76.9 Å². The molecule has 1 amide bonds. The van der Waals surface area contributed by atoms with Crippen LogP contribution in [-0.4, -0.2) is 15.8 Å².